The van der Waals surface area contributed by atoms with Gasteiger partial charge in [0.05, 0.1) is 5.69 Å². The highest BCUT2D eigenvalue weighted by Gasteiger charge is 2.22. The summed E-state index contributed by atoms with van der Waals surface area (Å²) < 4.78 is 0. The molecule has 0 atom stereocenters. The normalized spacial score (nSPS) is 14.6. The number of hydrogen-bond acceptors (Lipinski definition) is 3. The van der Waals surface area contributed by atoms with Gasteiger partial charge in [-0.25, -0.2) is 4.79 Å². The highest BCUT2D eigenvalue weighted by Crippen LogP contribution is 2.29. The fraction of sp³-hybridized carbons (Fsp3) is 0.381. The van der Waals surface area contributed by atoms with E-state index in [1.54, 1.807) is 11.8 Å². The number of piperazine rings is 1. The van der Waals surface area contributed by atoms with Crippen molar-refractivity contribution in [2.75, 3.05) is 42.7 Å². The van der Waals surface area contributed by atoms with Crippen LogP contribution >= 0.6 is 11.8 Å². The summed E-state index contributed by atoms with van der Waals surface area (Å²) in [6.45, 7) is 7.52. The van der Waals surface area contributed by atoms with E-state index in [0.717, 1.165) is 31.9 Å². The molecule has 138 valence electrons. The third kappa shape index (κ3) is 4.33. The lowest BCUT2D eigenvalue weighted by molar-refractivity contribution is 0.208. The number of rotatable bonds is 4. The van der Waals surface area contributed by atoms with Crippen molar-refractivity contribution in [1.29, 1.82) is 0 Å². The molecule has 1 saturated heterocycles. The summed E-state index contributed by atoms with van der Waals surface area (Å²) in [7, 11) is 0. The van der Waals surface area contributed by atoms with Crippen molar-refractivity contribution >= 4 is 29.2 Å². The molecule has 1 heterocycles. The first-order valence-corrected chi connectivity index (χ1v) is 10.3. The highest BCUT2D eigenvalue weighted by molar-refractivity contribution is 7.98. The van der Waals surface area contributed by atoms with Gasteiger partial charge in [0, 0.05) is 36.8 Å². The van der Waals surface area contributed by atoms with Gasteiger partial charge < -0.3 is 15.1 Å². The zero-order chi connectivity index (χ0) is 18.5. The fourth-order valence-corrected chi connectivity index (χ4v) is 3.82. The molecule has 3 rings (SSSR count). The third-order valence-corrected chi connectivity index (χ3v) is 5.61. The summed E-state index contributed by atoms with van der Waals surface area (Å²) in [4.78, 5) is 18.1. The number of nitrogens with zero attached hydrogens (tertiary/aromatic N) is 2. The van der Waals surface area contributed by atoms with Crippen LogP contribution in [0.2, 0.25) is 0 Å². The smallest absolute Gasteiger partial charge is 0.321 e. The number of hydrogen-bond donors (Lipinski definition) is 1. The van der Waals surface area contributed by atoms with E-state index < -0.39 is 0 Å². The molecular weight excluding hydrogens is 342 g/mol. The summed E-state index contributed by atoms with van der Waals surface area (Å²) in [6, 6.07) is 16.6. The van der Waals surface area contributed by atoms with Gasteiger partial charge in [0.15, 0.2) is 0 Å². The molecule has 0 radical (unpaired) electrons. The molecule has 0 bridgehead atoms. The Bertz CT molecular complexity index is 737. The van der Waals surface area contributed by atoms with Crippen LogP contribution < -0.4 is 10.2 Å². The van der Waals surface area contributed by atoms with E-state index in [0.29, 0.717) is 5.92 Å². The van der Waals surface area contributed by atoms with Gasteiger partial charge in [0.25, 0.3) is 0 Å². The maximum Gasteiger partial charge on any atom is 0.321 e. The van der Waals surface area contributed by atoms with Crippen molar-refractivity contribution in [1.82, 2.24) is 4.90 Å². The number of thioether (sulfide) groups is 1. The van der Waals surface area contributed by atoms with Crippen LogP contribution in [0.4, 0.5) is 16.2 Å². The molecule has 1 aliphatic heterocycles. The number of nitrogens with one attached hydrogen (secondary N) is 1. The van der Waals surface area contributed by atoms with E-state index in [-0.39, 0.29) is 6.03 Å². The van der Waals surface area contributed by atoms with Crippen molar-refractivity contribution in [2.24, 2.45) is 0 Å². The van der Waals surface area contributed by atoms with Crippen LogP contribution in [0.5, 0.6) is 0 Å². The Balaban J connectivity index is 1.56. The fourth-order valence-electron chi connectivity index (χ4n) is 3.20. The average molecular weight is 370 g/mol. The lowest BCUT2D eigenvalue weighted by atomic mass is 10.0. The molecular formula is C21H27N3OS. The average Bonchev–Trinajstić information content (AvgIpc) is 2.68. The summed E-state index contributed by atoms with van der Waals surface area (Å²) in [5.41, 5.74) is 3.41. The van der Waals surface area contributed by atoms with Crippen LogP contribution in [0.25, 0.3) is 0 Å². The van der Waals surface area contributed by atoms with Crippen LogP contribution in [-0.4, -0.2) is 43.4 Å². The second kappa shape index (κ2) is 8.49. The molecule has 4 nitrogen and oxygen atoms in total. The number of amides is 2. The maximum absolute atomic E-state index is 12.5. The summed E-state index contributed by atoms with van der Waals surface area (Å²) in [5, 5.41) is 3.02. The van der Waals surface area contributed by atoms with Crippen molar-refractivity contribution < 1.29 is 4.79 Å². The minimum atomic E-state index is -0.0138. The lowest BCUT2D eigenvalue weighted by Gasteiger charge is -2.36. The molecule has 1 N–H and O–H groups in total. The molecule has 2 aromatic carbocycles. The quantitative estimate of drug-likeness (QED) is 0.780. The molecule has 1 aliphatic rings. The maximum atomic E-state index is 12.5. The second-order valence-corrected chi connectivity index (χ2v) is 7.70. The van der Waals surface area contributed by atoms with Gasteiger partial charge in [0.1, 0.15) is 0 Å². The Kier molecular flexibility index (Phi) is 6.09. The summed E-state index contributed by atoms with van der Waals surface area (Å²) in [6.07, 6.45) is 2.10. The Morgan fingerprint density at radius 2 is 1.65 bits per heavy atom. The predicted octanol–water partition coefficient (Wildman–Crippen LogP) is 4.89. The zero-order valence-electron chi connectivity index (χ0n) is 15.7. The van der Waals surface area contributed by atoms with Crippen molar-refractivity contribution in [3.63, 3.8) is 0 Å². The lowest BCUT2D eigenvalue weighted by Crippen LogP contribution is -2.50. The van der Waals surface area contributed by atoms with Gasteiger partial charge >= 0.3 is 6.03 Å². The monoisotopic (exact) mass is 369 g/mol. The Morgan fingerprint density at radius 1 is 1.00 bits per heavy atom. The molecule has 0 unspecified atom stereocenters. The molecule has 26 heavy (non-hydrogen) atoms. The standard InChI is InChI=1S/C21H27N3OS/c1-16(2)17-8-10-18(11-9-17)22-21(25)24-14-12-23(13-15-24)19-6-4-5-7-20(19)26-3/h4-11,16H,12-15H2,1-3H3,(H,22,25). The largest absolute Gasteiger partial charge is 0.367 e. The topological polar surface area (TPSA) is 35.6 Å². The Hall–Kier alpha value is -2.14. The van der Waals surface area contributed by atoms with Gasteiger partial charge in [-0.1, -0.05) is 38.1 Å². The number of carbonyl (C=O) groups excluding carboxylic acids is 1. The van der Waals surface area contributed by atoms with E-state index in [1.807, 2.05) is 17.0 Å². The van der Waals surface area contributed by atoms with E-state index in [9.17, 15) is 4.79 Å². The zero-order valence-corrected chi connectivity index (χ0v) is 16.6. The Labute approximate surface area is 160 Å². The van der Waals surface area contributed by atoms with Crippen molar-refractivity contribution in [3.05, 3.63) is 54.1 Å². The highest BCUT2D eigenvalue weighted by atomic mass is 32.2. The molecule has 0 aliphatic carbocycles. The molecule has 0 spiro atoms. The number of urea groups is 1. The molecule has 2 amide bonds. The number of carbonyl (C=O) groups is 1. The van der Waals surface area contributed by atoms with Gasteiger partial charge in [-0.3, -0.25) is 0 Å². The predicted molar refractivity (Wildman–Crippen MR) is 112 cm³/mol. The van der Waals surface area contributed by atoms with Gasteiger partial charge in [-0.15, -0.1) is 11.8 Å². The van der Waals surface area contributed by atoms with Crippen LogP contribution in [0, 0.1) is 0 Å². The first-order chi connectivity index (χ1) is 12.6. The number of benzene rings is 2. The van der Waals surface area contributed by atoms with Crippen molar-refractivity contribution in [2.45, 2.75) is 24.7 Å². The second-order valence-electron chi connectivity index (χ2n) is 6.85. The van der Waals surface area contributed by atoms with Crippen molar-refractivity contribution in [3.8, 4) is 0 Å². The summed E-state index contributed by atoms with van der Waals surface area (Å²) in [5.74, 6) is 0.497. The van der Waals surface area contributed by atoms with Crippen LogP contribution in [0.1, 0.15) is 25.3 Å². The van der Waals surface area contributed by atoms with Crippen LogP contribution in [-0.2, 0) is 0 Å². The first-order valence-electron chi connectivity index (χ1n) is 9.12. The van der Waals surface area contributed by atoms with E-state index in [2.05, 4.69) is 66.7 Å². The van der Waals surface area contributed by atoms with Gasteiger partial charge in [0.2, 0.25) is 0 Å². The minimum Gasteiger partial charge on any atom is -0.367 e. The molecule has 0 aromatic heterocycles. The number of para-hydroxylation sites is 1. The van der Waals surface area contributed by atoms with Crippen LogP contribution in [0.3, 0.4) is 0 Å². The SMILES string of the molecule is CSc1ccccc1N1CCN(C(=O)Nc2ccc(C(C)C)cc2)CC1. The van der Waals surface area contributed by atoms with Crippen LogP contribution in [0.15, 0.2) is 53.4 Å². The van der Waals surface area contributed by atoms with E-state index in [1.165, 1.54) is 16.1 Å². The van der Waals surface area contributed by atoms with Gasteiger partial charge in [-0.05, 0) is 42.0 Å². The van der Waals surface area contributed by atoms with E-state index >= 15 is 0 Å². The molecule has 0 saturated carbocycles. The number of anilines is 2. The molecule has 2 aromatic rings. The first kappa shape index (κ1) is 18.6. The molecule has 5 heteroatoms. The Morgan fingerprint density at radius 3 is 2.27 bits per heavy atom. The van der Waals surface area contributed by atoms with E-state index in [4.69, 9.17) is 0 Å². The van der Waals surface area contributed by atoms with Gasteiger partial charge in [-0.2, -0.15) is 0 Å². The molecule has 1 fully saturated rings. The minimum absolute atomic E-state index is 0.0138. The third-order valence-electron chi connectivity index (χ3n) is 4.82. The summed E-state index contributed by atoms with van der Waals surface area (Å²) >= 11 is 1.77.